The molecular formula is C19H21N5OS. The molecule has 1 aromatic heterocycles. The summed E-state index contributed by atoms with van der Waals surface area (Å²) >= 11 is 1.34. The smallest absolute Gasteiger partial charge is 0.317 e. The topological polar surface area (TPSA) is 70.2 Å². The van der Waals surface area contributed by atoms with Crippen molar-refractivity contribution >= 4 is 39.0 Å². The van der Waals surface area contributed by atoms with Crippen molar-refractivity contribution in [2.75, 3.05) is 22.1 Å². The third-order valence-electron chi connectivity index (χ3n) is 3.73. The van der Waals surface area contributed by atoms with Crippen LogP contribution in [0.4, 0.5) is 26.4 Å². The molecule has 0 aliphatic heterocycles. The number of urea groups is 1. The lowest BCUT2D eigenvalue weighted by Crippen LogP contribution is -2.19. The average molecular weight is 367 g/mol. The number of amides is 2. The second-order valence-electron chi connectivity index (χ2n) is 5.93. The quantitative estimate of drug-likeness (QED) is 0.669. The summed E-state index contributed by atoms with van der Waals surface area (Å²) in [5, 5.41) is 15.1. The van der Waals surface area contributed by atoms with Crippen LogP contribution in [-0.4, -0.2) is 22.8 Å². The van der Waals surface area contributed by atoms with Crippen LogP contribution in [0.2, 0.25) is 0 Å². The van der Waals surface area contributed by atoms with E-state index >= 15 is 0 Å². The van der Waals surface area contributed by atoms with Crippen molar-refractivity contribution in [1.29, 1.82) is 0 Å². The Morgan fingerprint density at radius 1 is 1.04 bits per heavy atom. The van der Waals surface area contributed by atoms with E-state index in [0.29, 0.717) is 5.13 Å². The molecule has 134 valence electrons. The molecule has 1 heterocycles. The van der Waals surface area contributed by atoms with Crippen LogP contribution in [0.5, 0.6) is 0 Å². The maximum atomic E-state index is 12.2. The number of carbonyl (C=O) groups excluding carboxylic acids is 1. The van der Waals surface area contributed by atoms with Gasteiger partial charge in [-0.3, -0.25) is 5.32 Å². The molecule has 0 aliphatic carbocycles. The first-order chi connectivity index (χ1) is 12.5. The fraction of sp³-hybridized carbons (Fsp3) is 0.211. The van der Waals surface area contributed by atoms with Crippen LogP contribution >= 0.6 is 11.3 Å². The zero-order chi connectivity index (χ0) is 18.5. The van der Waals surface area contributed by atoms with E-state index in [9.17, 15) is 4.79 Å². The standard InChI is InChI=1S/C19H21N5OS/c1-4-24(16-8-6-5-7-9-16)19-23-22-18(26-19)21-17(25)20-15-11-13(2)10-14(3)12-15/h5-12H,4H2,1-3H3,(H2,20,21,22,25). The second kappa shape index (κ2) is 7.97. The number of hydrogen-bond acceptors (Lipinski definition) is 5. The van der Waals surface area contributed by atoms with Crippen molar-refractivity contribution in [2.24, 2.45) is 0 Å². The molecule has 0 spiro atoms. The molecule has 2 N–H and O–H groups in total. The highest BCUT2D eigenvalue weighted by Crippen LogP contribution is 2.30. The van der Waals surface area contributed by atoms with Gasteiger partial charge in [0, 0.05) is 17.9 Å². The van der Waals surface area contributed by atoms with Crippen LogP contribution in [0.1, 0.15) is 18.1 Å². The fourth-order valence-corrected chi connectivity index (χ4v) is 3.54. The van der Waals surface area contributed by atoms with Gasteiger partial charge in [0.05, 0.1) is 0 Å². The summed E-state index contributed by atoms with van der Waals surface area (Å²) in [5.41, 5.74) is 3.99. The molecule has 6 nitrogen and oxygen atoms in total. The Morgan fingerprint density at radius 2 is 1.73 bits per heavy atom. The lowest BCUT2D eigenvalue weighted by atomic mass is 10.1. The highest BCUT2D eigenvalue weighted by Gasteiger charge is 2.14. The summed E-state index contributed by atoms with van der Waals surface area (Å²) in [6.45, 7) is 6.80. The first kappa shape index (κ1) is 17.9. The third-order valence-corrected chi connectivity index (χ3v) is 4.59. The van der Waals surface area contributed by atoms with Crippen LogP contribution in [0.25, 0.3) is 0 Å². The van der Waals surface area contributed by atoms with Crippen molar-refractivity contribution in [3.8, 4) is 0 Å². The molecule has 3 rings (SSSR count). The van der Waals surface area contributed by atoms with Crippen molar-refractivity contribution in [2.45, 2.75) is 20.8 Å². The van der Waals surface area contributed by atoms with Gasteiger partial charge in [-0.05, 0) is 56.2 Å². The predicted molar refractivity (Wildman–Crippen MR) is 108 cm³/mol. The Labute approximate surface area is 156 Å². The summed E-state index contributed by atoms with van der Waals surface area (Å²) in [6, 6.07) is 15.5. The number of aromatic nitrogens is 2. The first-order valence-corrected chi connectivity index (χ1v) is 9.19. The van der Waals surface area contributed by atoms with Gasteiger partial charge in [0.25, 0.3) is 0 Å². The molecule has 0 radical (unpaired) electrons. The lowest BCUT2D eigenvalue weighted by Gasteiger charge is -2.18. The van der Waals surface area contributed by atoms with Gasteiger partial charge in [-0.1, -0.05) is 35.6 Å². The summed E-state index contributed by atoms with van der Waals surface area (Å²) in [6.07, 6.45) is 0. The molecule has 3 aromatic rings. The largest absolute Gasteiger partial charge is 0.325 e. The Bertz CT molecular complexity index is 874. The molecule has 0 atom stereocenters. The van der Waals surface area contributed by atoms with E-state index < -0.39 is 0 Å². The number of benzene rings is 2. The van der Waals surface area contributed by atoms with Crippen LogP contribution < -0.4 is 15.5 Å². The molecule has 0 bridgehead atoms. The molecule has 2 aromatic carbocycles. The Balaban J connectivity index is 1.68. The average Bonchev–Trinajstić information content (AvgIpc) is 3.03. The Hall–Kier alpha value is -2.93. The Morgan fingerprint density at radius 3 is 2.38 bits per heavy atom. The number of aryl methyl sites for hydroxylation is 2. The van der Waals surface area contributed by atoms with Gasteiger partial charge < -0.3 is 10.2 Å². The number of nitrogens with one attached hydrogen (secondary N) is 2. The van der Waals surface area contributed by atoms with E-state index in [1.165, 1.54) is 11.3 Å². The number of para-hydroxylation sites is 1. The molecule has 7 heteroatoms. The van der Waals surface area contributed by atoms with Gasteiger partial charge in [0.15, 0.2) is 0 Å². The fourth-order valence-electron chi connectivity index (χ4n) is 2.72. The number of nitrogens with zero attached hydrogens (tertiary/aromatic N) is 3. The van der Waals surface area contributed by atoms with Gasteiger partial charge in [-0.15, -0.1) is 10.2 Å². The maximum absolute atomic E-state index is 12.2. The highest BCUT2D eigenvalue weighted by molar-refractivity contribution is 7.19. The minimum atomic E-state index is -0.333. The van der Waals surface area contributed by atoms with E-state index in [1.807, 2.05) is 68.1 Å². The maximum Gasteiger partial charge on any atom is 0.325 e. The molecule has 0 fully saturated rings. The van der Waals surface area contributed by atoms with E-state index in [4.69, 9.17) is 0 Å². The third kappa shape index (κ3) is 4.37. The van der Waals surface area contributed by atoms with Crippen molar-refractivity contribution in [1.82, 2.24) is 10.2 Å². The van der Waals surface area contributed by atoms with Crippen molar-refractivity contribution in [3.05, 3.63) is 59.7 Å². The summed E-state index contributed by atoms with van der Waals surface area (Å²) in [7, 11) is 0. The zero-order valence-electron chi connectivity index (χ0n) is 15.0. The van der Waals surface area contributed by atoms with Crippen molar-refractivity contribution in [3.63, 3.8) is 0 Å². The number of rotatable bonds is 5. The van der Waals surface area contributed by atoms with Gasteiger partial charge in [0.2, 0.25) is 10.3 Å². The molecule has 0 saturated carbocycles. The van der Waals surface area contributed by atoms with Crippen LogP contribution in [0.3, 0.4) is 0 Å². The Kier molecular flexibility index (Phi) is 5.48. The lowest BCUT2D eigenvalue weighted by molar-refractivity contribution is 0.262. The number of hydrogen-bond donors (Lipinski definition) is 2. The van der Waals surface area contributed by atoms with Crippen LogP contribution in [0.15, 0.2) is 48.5 Å². The molecule has 2 amide bonds. The molecule has 26 heavy (non-hydrogen) atoms. The summed E-state index contributed by atoms with van der Waals surface area (Å²) < 4.78 is 0. The monoisotopic (exact) mass is 367 g/mol. The van der Waals surface area contributed by atoms with E-state index in [1.54, 1.807) is 0 Å². The van der Waals surface area contributed by atoms with Gasteiger partial charge in [-0.25, -0.2) is 4.79 Å². The van der Waals surface area contributed by atoms with E-state index in [2.05, 4.69) is 26.9 Å². The van der Waals surface area contributed by atoms with E-state index in [-0.39, 0.29) is 6.03 Å². The summed E-state index contributed by atoms with van der Waals surface area (Å²) in [5.74, 6) is 0. The SMILES string of the molecule is CCN(c1ccccc1)c1nnc(NC(=O)Nc2cc(C)cc(C)c2)s1. The first-order valence-electron chi connectivity index (χ1n) is 8.37. The predicted octanol–water partition coefficient (Wildman–Crippen LogP) is 4.96. The van der Waals surface area contributed by atoms with Gasteiger partial charge >= 0.3 is 6.03 Å². The van der Waals surface area contributed by atoms with Gasteiger partial charge in [-0.2, -0.15) is 0 Å². The molecular weight excluding hydrogens is 346 g/mol. The van der Waals surface area contributed by atoms with Crippen LogP contribution in [-0.2, 0) is 0 Å². The number of anilines is 4. The second-order valence-corrected chi connectivity index (χ2v) is 6.88. The zero-order valence-corrected chi connectivity index (χ0v) is 15.8. The molecule has 0 saturated heterocycles. The van der Waals surface area contributed by atoms with Crippen LogP contribution in [0, 0.1) is 13.8 Å². The minimum absolute atomic E-state index is 0.333. The van der Waals surface area contributed by atoms with Crippen molar-refractivity contribution < 1.29 is 4.79 Å². The molecule has 0 unspecified atom stereocenters. The minimum Gasteiger partial charge on any atom is -0.317 e. The van der Waals surface area contributed by atoms with Gasteiger partial charge in [0.1, 0.15) is 0 Å². The molecule has 0 aliphatic rings. The summed E-state index contributed by atoms with van der Waals surface area (Å²) in [4.78, 5) is 14.3. The highest BCUT2D eigenvalue weighted by atomic mass is 32.1. The number of carbonyl (C=O) groups is 1. The van der Waals surface area contributed by atoms with E-state index in [0.717, 1.165) is 34.2 Å². The normalized spacial score (nSPS) is 10.4.